The maximum atomic E-state index is 11.4. The van der Waals surface area contributed by atoms with Crippen LogP contribution in [0.25, 0.3) is 0 Å². The average Bonchev–Trinajstić information content (AvgIpc) is 2.17. The molecule has 0 amide bonds. The first kappa shape index (κ1) is 12.2. The summed E-state index contributed by atoms with van der Waals surface area (Å²) < 4.78 is 25.3. The molecule has 4 heteroatoms. The summed E-state index contributed by atoms with van der Waals surface area (Å²) in [5, 5.41) is 0. The van der Waals surface area contributed by atoms with E-state index in [1.54, 1.807) is 0 Å². The second kappa shape index (κ2) is 5.28. The summed E-state index contributed by atoms with van der Waals surface area (Å²) in [6.07, 6.45) is 0.642. The van der Waals surface area contributed by atoms with Crippen molar-refractivity contribution in [2.24, 2.45) is 0 Å². The van der Waals surface area contributed by atoms with Gasteiger partial charge < -0.3 is 0 Å². The molecule has 0 aliphatic heterocycles. The highest BCUT2D eigenvalue weighted by molar-refractivity contribution is 7.89. The highest BCUT2D eigenvalue weighted by atomic mass is 32.2. The van der Waals surface area contributed by atoms with Crippen molar-refractivity contribution >= 4 is 10.0 Å². The highest BCUT2D eigenvalue weighted by Crippen LogP contribution is 2.03. The molecule has 0 aliphatic carbocycles. The minimum absolute atomic E-state index is 0.193. The molecule has 0 spiro atoms. The Morgan fingerprint density at radius 1 is 1.20 bits per heavy atom. The Balaban J connectivity index is 2.54. The van der Waals surface area contributed by atoms with E-state index in [2.05, 4.69) is 4.72 Å². The van der Waals surface area contributed by atoms with Gasteiger partial charge >= 0.3 is 0 Å². The molecule has 0 saturated carbocycles. The largest absolute Gasteiger partial charge is 0.212 e. The van der Waals surface area contributed by atoms with Crippen molar-refractivity contribution < 1.29 is 8.42 Å². The van der Waals surface area contributed by atoms with Crippen LogP contribution in [0, 0.1) is 6.92 Å². The van der Waals surface area contributed by atoms with Gasteiger partial charge in [0.05, 0.1) is 5.75 Å². The van der Waals surface area contributed by atoms with Crippen LogP contribution >= 0.6 is 0 Å². The summed E-state index contributed by atoms with van der Waals surface area (Å²) >= 11 is 0. The van der Waals surface area contributed by atoms with Gasteiger partial charge in [0.2, 0.25) is 10.0 Å². The minimum atomic E-state index is -3.09. The maximum Gasteiger partial charge on any atom is 0.211 e. The predicted octanol–water partition coefficient (Wildman–Crippen LogP) is 1.82. The quantitative estimate of drug-likeness (QED) is 0.834. The molecule has 0 radical (unpaired) electrons. The van der Waals surface area contributed by atoms with Crippen molar-refractivity contribution in [3.63, 3.8) is 0 Å². The fourth-order valence-electron chi connectivity index (χ4n) is 1.24. The average molecular weight is 227 g/mol. The smallest absolute Gasteiger partial charge is 0.211 e. The number of hydrogen-bond donors (Lipinski definition) is 1. The van der Waals surface area contributed by atoms with Crippen molar-refractivity contribution in [2.45, 2.75) is 26.8 Å². The number of nitrogens with one attached hydrogen (secondary N) is 1. The van der Waals surface area contributed by atoms with E-state index in [1.165, 1.54) is 5.56 Å². The first-order valence-electron chi connectivity index (χ1n) is 5.06. The monoisotopic (exact) mass is 227 g/mol. The van der Waals surface area contributed by atoms with Gasteiger partial charge in [0, 0.05) is 6.54 Å². The molecular weight excluding hydrogens is 210 g/mol. The lowest BCUT2D eigenvalue weighted by Crippen LogP contribution is -2.25. The molecule has 84 valence electrons. The fraction of sp³-hybridized carbons (Fsp3) is 0.455. The zero-order valence-corrected chi connectivity index (χ0v) is 9.97. The van der Waals surface area contributed by atoms with Gasteiger partial charge in [-0.05, 0) is 18.9 Å². The molecule has 1 rings (SSSR count). The zero-order valence-electron chi connectivity index (χ0n) is 9.16. The van der Waals surface area contributed by atoms with Crippen LogP contribution in [0.3, 0.4) is 0 Å². The molecule has 0 atom stereocenters. The van der Waals surface area contributed by atoms with Gasteiger partial charge in [-0.2, -0.15) is 0 Å². The number of rotatable bonds is 5. The zero-order chi connectivity index (χ0) is 11.3. The van der Waals surface area contributed by atoms with E-state index in [1.807, 2.05) is 38.1 Å². The summed E-state index contributed by atoms with van der Waals surface area (Å²) in [6, 6.07) is 7.82. The second-order valence-corrected chi connectivity index (χ2v) is 5.55. The van der Waals surface area contributed by atoms with Crippen molar-refractivity contribution in [3.8, 4) is 0 Å². The van der Waals surface area contributed by atoms with Gasteiger partial charge in [-0.15, -0.1) is 0 Å². The van der Waals surface area contributed by atoms with E-state index in [0.717, 1.165) is 5.56 Å². The van der Waals surface area contributed by atoms with E-state index < -0.39 is 10.0 Å². The van der Waals surface area contributed by atoms with Gasteiger partial charge in [0.15, 0.2) is 0 Å². The van der Waals surface area contributed by atoms with Gasteiger partial charge in [-0.25, -0.2) is 13.1 Å². The molecule has 0 aromatic heterocycles. The Kier molecular flexibility index (Phi) is 4.29. The normalized spacial score (nSPS) is 11.6. The van der Waals surface area contributed by atoms with Crippen LogP contribution in [-0.4, -0.2) is 14.2 Å². The SMILES string of the molecule is CCCS(=O)(=O)NCc1ccc(C)cc1. The maximum absolute atomic E-state index is 11.4. The Bertz CT molecular complexity index is 395. The van der Waals surface area contributed by atoms with Crippen LogP contribution in [0.15, 0.2) is 24.3 Å². The molecule has 0 saturated heterocycles. The minimum Gasteiger partial charge on any atom is -0.212 e. The third-order valence-electron chi connectivity index (χ3n) is 2.09. The summed E-state index contributed by atoms with van der Waals surface area (Å²) in [5.41, 5.74) is 2.16. The first-order chi connectivity index (χ1) is 7.03. The van der Waals surface area contributed by atoms with E-state index in [4.69, 9.17) is 0 Å². The Morgan fingerprint density at radius 3 is 2.33 bits per heavy atom. The fourth-order valence-corrected chi connectivity index (χ4v) is 2.31. The van der Waals surface area contributed by atoms with Crippen LogP contribution < -0.4 is 4.72 Å². The molecule has 15 heavy (non-hydrogen) atoms. The number of benzene rings is 1. The number of hydrogen-bond acceptors (Lipinski definition) is 2. The molecule has 0 heterocycles. The van der Waals surface area contributed by atoms with E-state index in [9.17, 15) is 8.42 Å². The van der Waals surface area contributed by atoms with Crippen LogP contribution in [0.1, 0.15) is 24.5 Å². The standard InChI is InChI=1S/C11H17NO2S/c1-3-8-15(13,14)12-9-11-6-4-10(2)5-7-11/h4-7,12H,3,8-9H2,1-2H3. The third kappa shape index (κ3) is 4.44. The molecule has 1 aromatic carbocycles. The summed E-state index contributed by atoms with van der Waals surface area (Å²) in [5.74, 6) is 0.193. The molecule has 0 unspecified atom stereocenters. The number of sulfonamides is 1. The first-order valence-corrected chi connectivity index (χ1v) is 6.71. The van der Waals surface area contributed by atoms with Crippen molar-refractivity contribution in [1.29, 1.82) is 0 Å². The van der Waals surface area contributed by atoms with Crippen molar-refractivity contribution in [2.75, 3.05) is 5.75 Å². The molecule has 3 nitrogen and oxygen atoms in total. The molecule has 1 aromatic rings. The van der Waals surface area contributed by atoms with E-state index >= 15 is 0 Å². The Labute approximate surface area is 91.6 Å². The second-order valence-electron chi connectivity index (χ2n) is 3.63. The summed E-state index contributed by atoms with van der Waals surface area (Å²) in [4.78, 5) is 0. The van der Waals surface area contributed by atoms with Gasteiger partial charge in [0.25, 0.3) is 0 Å². The lowest BCUT2D eigenvalue weighted by atomic mass is 10.2. The van der Waals surface area contributed by atoms with Gasteiger partial charge in [-0.3, -0.25) is 0 Å². The van der Waals surface area contributed by atoms with E-state index in [0.29, 0.717) is 13.0 Å². The summed E-state index contributed by atoms with van der Waals surface area (Å²) in [6.45, 7) is 4.23. The Morgan fingerprint density at radius 2 is 1.80 bits per heavy atom. The number of aryl methyl sites for hydroxylation is 1. The van der Waals surface area contributed by atoms with E-state index in [-0.39, 0.29) is 5.75 Å². The lowest BCUT2D eigenvalue weighted by Gasteiger charge is -2.05. The van der Waals surface area contributed by atoms with Gasteiger partial charge in [-0.1, -0.05) is 36.8 Å². The van der Waals surface area contributed by atoms with Crippen LogP contribution in [-0.2, 0) is 16.6 Å². The molecular formula is C11H17NO2S. The predicted molar refractivity (Wildman–Crippen MR) is 62.1 cm³/mol. The Hall–Kier alpha value is -0.870. The van der Waals surface area contributed by atoms with Crippen LogP contribution in [0.4, 0.5) is 0 Å². The van der Waals surface area contributed by atoms with Crippen LogP contribution in [0.2, 0.25) is 0 Å². The topological polar surface area (TPSA) is 46.2 Å². The van der Waals surface area contributed by atoms with Crippen molar-refractivity contribution in [3.05, 3.63) is 35.4 Å². The molecule has 0 fully saturated rings. The molecule has 0 bridgehead atoms. The van der Waals surface area contributed by atoms with Gasteiger partial charge in [0.1, 0.15) is 0 Å². The van der Waals surface area contributed by atoms with Crippen LogP contribution in [0.5, 0.6) is 0 Å². The molecule has 1 N–H and O–H groups in total. The molecule has 0 aliphatic rings. The highest BCUT2D eigenvalue weighted by Gasteiger charge is 2.07. The van der Waals surface area contributed by atoms with Crippen molar-refractivity contribution in [1.82, 2.24) is 4.72 Å². The lowest BCUT2D eigenvalue weighted by molar-refractivity contribution is 0.580. The third-order valence-corrected chi connectivity index (χ3v) is 3.62. The summed E-state index contributed by atoms with van der Waals surface area (Å²) in [7, 11) is -3.09.